The van der Waals surface area contributed by atoms with Gasteiger partial charge in [-0.1, -0.05) is 24.3 Å². The lowest BCUT2D eigenvalue weighted by molar-refractivity contribution is -0.139. The van der Waals surface area contributed by atoms with E-state index in [0.717, 1.165) is 30.0 Å². The molecule has 2 aromatic carbocycles. The number of thiocarbonyl (C=S) groups is 1. The van der Waals surface area contributed by atoms with Crippen LogP contribution in [0.25, 0.3) is 0 Å². The maximum Gasteiger partial charge on any atom is 0.309 e. The van der Waals surface area contributed by atoms with Crippen LogP contribution in [0.4, 0.5) is 5.69 Å². The molecule has 0 aliphatic heterocycles. The van der Waals surface area contributed by atoms with Gasteiger partial charge in [0.1, 0.15) is 5.75 Å². The van der Waals surface area contributed by atoms with Gasteiger partial charge in [-0.3, -0.25) is 4.79 Å². The molecule has 2 aromatic rings. The van der Waals surface area contributed by atoms with E-state index in [0.29, 0.717) is 5.11 Å². The number of nitrogens with one attached hydrogen (secondary N) is 2. The predicted molar refractivity (Wildman–Crippen MR) is 103 cm³/mol. The fraction of sp³-hybridized carbons (Fsp3) is 0.263. The first-order chi connectivity index (χ1) is 12.1. The molecule has 0 heterocycles. The quantitative estimate of drug-likeness (QED) is 0.586. The molecule has 0 bridgehead atoms. The fourth-order valence-electron chi connectivity index (χ4n) is 2.23. The van der Waals surface area contributed by atoms with Crippen molar-refractivity contribution in [3.63, 3.8) is 0 Å². The molecule has 0 saturated heterocycles. The second-order valence-electron chi connectivity index (χ2n) is 5.43. The predicted octanol–water partition coefficient (Wildman–Crippen LogP) is 2.94. The molecule has 0 radical (unpaired) electrons. The third kappa shape index (κ3) is 6.43. The van der Waals surface area contributed by atoms with Gasteiger partial charge in [0.25, 0.3) is 0 Å². The van der Waals surface area contributed by atoms with Crippen molar-refractivity contribution in [2.24, 2.45) is 0 Å². The number of anilines is 1. The highest BCUT2D eigenvalue weighted by molar-refractivity contribution is 7.80. The summed E-state index contributed by atoms with van der Waals surface area (Å²) in [6.07, 6.45) is 1.13. The molecule has 2 rings (SSSR count). The normalized spacial score (nSPS) is 10.0. The van der Waals surface area contributed by atoms with E-state index >= 15 is 0 Å². The van der Waals surface area contributed by atoms with Crippen LogP contribution in [-0.4, -0.2) is 31.8 Å². The van der Waals surface area contributed by atoms with Crippen molar-refractivity contribution < 1.29 is 14.3 Å². The Hall–Kier alpha value is -2.60. The standard InChI is InChI=1S/C19H22N2O3S/c1-23-17-9-5-14(6-10-17)11-12-20-19(25)21-16-7-3-15(4-8-16)13-18(22)24-2/h3-10H,11-13H2,1-2H3,(H2,20,21,25). The molecule has 0 aliphatic carbocycles. The Bertz CT molecular complexity index is 700. The number of carbonyl (C=O) groups excluding carboxylic acids is 1. The Kier molecular flexibility index (Phi) is 7.22. The number of carbonyl (C=O) groups is 1. The third-order valence-corrected chi connectivity index (χ3v) is 3.89. The second-order valence-corrected chi connectivity index (χ2v) is 5.84. The summed E-state index contributed by atoms with van der Waals surface area (Å²) in [6, 6.07) is 15.5. The van der Waals surface area contributed by atoms with E-state index < -0.39 is 0 Å². The van der Waals surface area contributed by atoms with Gasteiger partial charge >= 0.3 is 5.97 Å². The largest absolute Gasteiger partial charge is 0.497 e. The van der Waals surface area contributed by atoms with Crippen LogP contribution in [0.5, 0.6) is 5.75 Å². The summed E-state index contributed by atoms with van der Waals surface area (Å²) in [5, 5.41) is 6.87. The van der Waals surface area contributed by atoms with Crippen molar-refractivity contribution in [1.82, 2.24) is 5.32 Å². The molecule has 0 fully saturated rings. The van der Waals surface area contributed by atoms with Crippen molar-refractivity contribution in [3.05, 3.63) is 59.7 Å². The van der Waals surface area contributed by atoms with Gasteiger partial charge in [0.2, 0.25) is 0 Å². The first kappa shape index (κ1) is 18.7. The van der Waals surface area contributed by atoms with Crippen LogP contribution in [0.2, 0.25) is 0 Å². The van der Waals surface area contributed by atoms with Crippen LogP contribution in [0.15, 0.2) is 48.5 Å². The number of hydrogen-bond donors (Lipinski definition) is 2. The van der Waals surface area contributed by atoms with Crippen molar-refractivity contribution in [2.45, 2.75) is 12.8 Å². The van der Waals surface area contributed by atoms with Gasteiger partial charge in [-0.05, 0) is 54.0 Å². The molecule has 0 spiro atoms. The molecular formula is C19H22N2O3S. The van der Waals surface area contributed by atoms with E-state index in [1.54, 1.807) is 7.11 Å². The zero-order valence-electron chi connectivity index (χ0n) is 14.4. The average Bonchev–Trinajstić information content (AvgIpc) is 2.64. The molecule has 0 amide bonds. The highest BCUT2D eigenvalue weighted by Crippen LogP contribution is 2.12. The Morgan fingerprint density at radius 3 is 2.24 bits per heavy atom. The van der Waals surface area contributed by atoms with Gasteiger partial charge in [0.05, 0.1) is 20.6 Å². The summed E-state index contributed by atoms with van der Waals surface area (Å²) < 4.78 is 9.79. The molecule has 0 aliphatic rings. The van der Waals surface area contributed by atoms with Crippen LogP contribution < -0.4 is 15.4 Å². The van der Waals surface area contributed by atoms with Gasteiger partial charge in [-0.2, -0.15) is 0 Å². The molecule has 6 heteroatoms. The first-order valence-corrected chi connectivity index (χ1v) is 8.35. The van der Waals surface area contributed by atoms with E-state index in [-0.39, 0.29) is 12.4 Å². The molecule has 25 heavy (non-hydrogen) atoms. The smallest absolute Gasteiger partial charge is 0.309 e. The molecule has 5 nitrogen and oxygen atoms in total. The molecule has 132 valence electrons. The second kappa shape index (κ2) is 9.64. The average molecular weight is 358 g/mol. The van der Waals surface area contributed by atoms with Gasteiger partial charge in [-0.15, -0.1) is 0 Å². The van der Waals surface area contributed by atoms with Gasteiger partial charge in [0.15, 0.2) is 5.11 Å². The number of ether oxygens (including phenoxy) is 2. The minimum absolute atomic E-state index is 0.253. The molecular weight excluding hydrogens is 336 g/mol. The zero-order chi connectivity index (χ0) is 18.1. The first-order valence-electron chi connectivity index (χ1n) is 7.94. The molecule has 0 aromatic heterocycles. The highest BCUT2D eigenvalue weighted by Gasteiger charge is 2.03. The third-order valence-electron chi connectivity index (χ3n) is 3.65. The van der Waals surface area contributed by atoms with E-state index in [4.69, 9.17) is 17.0 Å². The highest BCUT2D eigenvalue weighted by atomic mass is 32.1. The van der Waals surface area contributed by atoms with Crippen molar-refractivity contribution >= 4 is 29.0 Å². The van der Waals surface area contributed by atoms with Crippen LogP contribution in [0.3, 0.4) is 0 Å². The van der Waals surface area contributed by atoms with Crippen LogP contribution in [0, 0.1) is 0 Å². The fourth-order valence-corrected chi connectivity index (χ4v) is 2.45. The summed E-state index contributed by atoms with van der Waals surface area (Å²) >= 11 is 5.30. The van der Waals surface area contributed by atoms with Crippen molar-refractivity contribution in [1.29, 1.82) is 0 Å². The zero-order valence-corrected chi connectivity index (χ0v) is 15.2. The summed E-state index contributed by atoms with van der Waals surface area (Å²) in [4.78, 5) is 11.2. The number of rotatable bonds is 7. The number of methoxy groups -OCH3 is 2. The lowest BCUT2D eigenvalue weighted by Gasteiger charge is -2.11. The molecule has 2 N–H and O–H groups in total. The van der Waals surface area contributed by atoms with Gasteiger partial charge < -0.3 is 20.1 Å². The number of benzene rings is 2. The number of esters is 1. The topological polar surface area (TPSA) is 59.6 Å². The Labute approximate surface area is 153 Å². The van der Waals surface area contributed by atoms with E-state index in [1.165, 1.54) is 12.7 Å². The minimum atomic E-state index is -0.253. The number of hydrogen-bond acceptors (Lipinski definition) is 4. The van der Waals surface area contributed by atoms with Crippen LogP contribution in [-0.2, 0) is 22.4 Å². The van der Waals surface area contributed by atoms with E-state index in [1.807, 2.05) is 48.5 Å². The van der Waals surface area contributed by atoms with E-state index in [9.17, 15) is 4.79 Å². The summed E-state index contributed by atoms with van der Waals surface area (Å²) in [5.74, 6) is 0.598. The van der Waals surface area contributed by atoms with Crippen molar-refractivity contribution in [3.8, 4) is 5.75 Å². The molecule has 0 saturated carbocycles. The lowest BCUT2D eigenvalue weighted by Crippen LogP contribution is -2.30. The lowest BCUT2D eigenvalue weighted by atomic mass is 10.1. The van der Waals surface area contributed by atoms with Crippen LogP contribution in [0.1, 0.15) is 11.1 Å². The Balaban J connectivity index is 1.74. The maximum atomic E-state index is 11.2. The Morgan fingerprint density at radius 1 is 1.00 bits per heavy atom. The maximum absolute atomic E-state index is 11.2. The SMILES string of the molecule is COC(=O)Cc1ccc(NC(=S)NCCc2ccc(OC)cc2)cc1. The summed E-state index contributed by atoms with van der Waals surface area (Å²) in [5.41, 5.74) is 2.98. The van der Waals surface area contributed by atoms with Gasteiger partial charge in [0, 0.05) is 12.2 Å². The van der Waals surface area contributed by atoms with Gasteiger partial charge in [-0.25, -0.2) is 0 Å². The molecule has 0 atom stereocenters. The monoisotopic (exact) mass is 358 g/mol. The molecule has 0 unspecified atom stereocenters. The summed E-state index contributed by atoms with van der Waals surface area (Å²) in [6.45, 7) is 0.735. The minimum Gasteiger partial charge on any atom is -0.497 e. The Morgan fingerprint density at radius 2 is 1.64 bits per heavy atom. The van der Waals surface area contributed by atoms with Crippen LogP contribution >= 0.6 is 12.2 Å². The summed E-state index contributed by atoms with van der Waals surface area (Å²) in [7, 11) is 3.04. The van der Waals surface area contributed by atoms with Crippen molar-refractivity contribution in [2.75, 3.05) is 26.1 Å². The van der Waals surface area contributed by atoms with E-state index in [2.05, 4.69) is 15.4 Å².